The fourth-order valence-corrected chi connectivity index (χ4v) is 3.22. The molecule has 2 atom stereocenters. The van der Waals surface area contributed by atoms with Crippen molar-refractivity contribution in [2.75, 3.05) is 7.11 Å². The summed E-state index contributed by atoms with van der Waals surface area (Å²) in [5, 5.41) is 0. The van der Waals surface area contributed by atoms with Crippen LogP contribution in [0.3, 0.4) is 0 Å². The highest BCUT2D eigenvalue weighted by molar-refractivity contribution is 7.99. The van der Waals surface area contributed by atoms with Crippen LogP contribution in [0.25, 0.3) is 0 Å². The summed E-state index contributed by atoms with van der Waals surface area (Å²) in [7, 11) is -2.00. The van der Waals surface area contributed by atoms with Crippen molar-refractivity contribution in [1.82, 2.24) is 0 Å². The zero-order valence-corrected chi connectivity index (χ0v) is 21.0. The van der Waals surface area contributed by atoms with Crippen LogP contribution >= 0.6 is 0 Å². The van der Waals surface area contributed by atoms with E-state index < -0.39 is 9.84 Å². The van der Waals surface area contributed by atoms with Crippen LogP contribution in [0.15, 0.2) is 95.6 Å². The van der Waals surface area contributed by atoms with Crippen LogP contribution in [0.1, 0.15) is 48.0 Å². The highest BCUT2D eigenvalue weighted by Crippen LogP contribution is 2.20. The van der Waals surface area contributed by atoms with E-state index in [1.54, 1.807) is 38.3 Å². The van der Waals surface area contributed by atoms with Gasteiger partial charge in [0.15, 0.2) is 0 Å². The van der Waals surface area contributed by atoms with E-state index in [9.17, 15) is 8.42 Å². The van der Waals surface area contributed by atoms with E-state index >= 15 is 0 Å². The third kappa shape index (κ3) is 12.8. The van der Waals surface area contributed by atoms with Crippen molar-refractivity contribution in [3.05, 3.63) is 95.6 Å². The van der Waals surface area contributed by atoms with Gasteiger partial charge in [-0.1, -0.05) is 36.5 Å². The normalized spacial score (nSPS) is 15.8. The zero-order valence-electron chi connectivity index (χ0n) is 20.2. The molecule has 0 aromatic carbocycles. The van der Waals surface area contributed by atoms with Crippen molar-refractivity contribution in [2.24, 2.45) is 0 Å². The Morgan fingerprint density at radius 1 is 0.935 bits per heavy atom. The van der Waals surface area contributed by atoms with Gasteiger partial charge >= 0.3 is 0 Å². The molecule has 0 aliphatic carbocycles. The van der Waals surface area contributed by atoms with Gasteiger partial charge in [-0.15, -0.1) is 13.2 Å². The Morgan fingerprint density at radius 3 is 2.00 bits per heavy atom. The van der Waals surface area contributed by atoms with Crippen LogP contribution in [0.4, 0.5) is 0 Å². The molecule has 0 amide bonds. The molecule has 0 N–H and O–H groups in total. The number of rotatable bonds is 12. The van der Waals surface area contributed by atoms with Crippen LogP contribution in [0, 0.1) is 0 Å². The average molecular weight is 449 g/mol. The summed E-state index contributed by atoms with van der Waals surface area (Å²) in [4.78, 5) is 0.259. The number of ether oxygens (including phenoxy) is 2. The molecule has 174 valence electrons. The first-order chi connectivity index (χ1) is 14.6. The molecule has 5 heteroatoms. The lowest BCUT2D eigenvalue weighted by Gasteiger charge is -2.13. The molecular formula is C26H40O4S. The monoisotopic (exact) mass is 448 g/mol. The van der Waals surface area contributed by atoms with Gasteiger partial charge in [0.25, 0.3) is 0 Å². The first-order valence-corrected chi connectivity index (χ1v) is 11.7. The second-order valence-electron chi connectivity index (χ2n) is 6.58. The largest absolute Gasteiger partial charge is 0.487 e. The van der Waals surface area contributed by atoms with Crippen LogP contribution in [0.2, 0.25) is 0 Å². The third-order valence-corrected chi connectivity index (χ3v) is 6.04. The second kappa shape index (κ2) is 17.3. The van der Waals surface area contributed by atoms with Gasteiger partial charge in [-0.2, -0.15) is 0 Å². The molecule has 2 unspecified atom stereocenters. The summed E-state index contributed by atoms with van der Waals surface area (Å²) >= 11 is 0. The summed E-state index contributed by atoms with van der Waals surface area (Å²) in [6.45, 7) is 21.0. The van der Waals surface area contributed by atoms with Crippen molar-refractivity contribution in [3.8, 4) is 0 Å². The standard InChI is InChI=1S/C24H36O4S.C2H4/c1-9-19(4)13-12-14-22(7)29(25,26)24(11-3)18-16-21(6)28-23(10-2)17-15-20(5)27-8;1-2/h9-12,14-18,20-21H,7,13H2,1-6,8H3;1-2H2/b14-12-,17-15-,18-16-,19-9-,23-10+,24-11+;. The minimum atomic E-state index is -3.64. The fourth-order valence-electron chi connectivity index (χ4n) is 2.07. The maximum Gasteiger partial charge on any atom is 0.205 e. The molecule has 31 heavy (non-hydrogen) atoms. The SMILES string of the molecule is C=C.C=C(/C=C\C/C(C)=C\C)S(=O)(=O)C(/C=C\C(C)OC(/C=C\C(C)OC)=C/C)=C/C. The molecule has 0 aromatic rings. The number of hydrogen-bond acceptors (Lipinski definition) is 4. The predicted molar refractivity (Wildman–Crippen MR) is 135 cm³/mol. The molecule has 4 nitrogen and oxygen atoms in total. The number of methoxy groups -OCH3 is 1. The molecular weight excluding hydrogens is 408 g/mol. The molecule has 0 rings (SSSR count). The van der Waals surface area contributed by atoms with E-state index in [2.05, 4.69) is 19.7 Å². The summed E-state index contributed by atoms with van der Waals surface area (Å²) in [5.74, 6) is 0.683. The van der Waals surface area contributed by atoms with Gasteiger partial charge in [-0.25, -0.2) is 8.42 Å². The van der Waals surface area contributed by atoms with E-state index in [4.69, 9.17) is 9.47 Å². The van der Waals surface area contributed by atoms with Gasteiger partial charge in [0.1, 0.15) is 11.9 Å². The molecule has 0 spiro atoms. The molecule has 0 aliphatic heterocycles. The lowest BCUT2D eigenvalue weighted by atomic mass is 10.2. The maximum atomic E-state index is 12.7. The highest BCUT2D eigenvalue weighted by Gasteiger charge is 2.17. The second-order valence-corrected chi connectivity index (χ2v) is 8.58. The van der Waals surface area contributed by atoms with Crippen LogP contribution in [-0.4, -0.2) is 27.7 Å². The van der Waals surface area contributed by atoms with Gasteiger partial charge in [0.05, 0.1) is 15.9 Å². The van der Waals surface area contributed by atoms with E-state index in [0.29, 0.717) is 12.2 Å². The maximum absolute atomic E-state index is 12.7. The third-order valence-electron chi connectivity index (χ3n) is 4.22. The Hall–Kier alpha value is -2.37. The van der Waals surface area contributed by atoms with Crippen LogP contribution < -0.4 is 0 Å². The first kappa shape index (κ1) is 30.8. The average Bonchev–Trinajstić information content (AvgIpc) is 2.77. The predicted octanol–water partition coefficient (Wildman–Crippen LogP) is 6.99. The van der Waals surface area contributed by atoms with Gasteiger partial charge in [-0.05, 0) is 78.3 Å². The molecule has 0 heterocycles. The van der Waals surface area contributed by atoms with E-state index in [0.717, 1.165) is 5.57 Å². The van der Waals surface area contributed by atoms with Crippen molar-refractivity contribution < 1.29 is 17.9 Å². The summed E-state index contributed by atoms with van der Waals surface area (Å²) in [6, 6.07) is 0. The first-order valence-electron chi connectivity index (χ1n) is 10.2. The molecule has 0 aliphatic rings. The van der Waals surface area contributed by atoms with Gasteiger partial charge in [0, 0.05) is 7.11 Å². The Bertz CT molecular complexity index is 821. The van der Waals surface area contributed by atoms with E-state index in [1.807, 2.05) is 65.0 Å². The summed E-state index contributed by atoms with van der Waals surface area (Å²) in [5.41, 5.74) is 1.16. The van der Waals surface area contributed by atoms with Crippen molar-refractivity contribution >= 4 is 9.84 Å². The lowest BCUT2D eigenvalue weighted by molar-refractivity contribution is 0.154. The topological polar surface area (TPSA) is 52.6 Å². The van der Waals surface area contributed by atoms with E-state index in [1.165, 1.54) is 0 Å². The number of hydrogen-bond donors (Lipinski definition) is 0. The van der Waals surface area contributed by atoms with Crippen LogP contribution in [0.5, 0.6) is 0 Å². The van der Waals surface area contributed by atoms with Crippen LogP contribution in [-0.2, 0) is 19.3 Å². The van der Waals surface area contributed by atoms with Crippen molar-refractivity contribution in [1.29, 1.82) is 0 Å². The molecule has 0 radical (unpaired) electrons. The Kier molecular flexibility index (Phi) is 17.2. The Morgan fingerprint density at radius 2 is 1.52 bits per heavy atom. The number of sulfone groups is 1. The Balaban J connectivity index is 0. The molecule has 0 bridgehead atoms. The number of allylic oxidation sites excluding steroid dienone is 8. The molecule has 0 fully saturated rings. The molecule has 0 saturated heterocycles. The van der Waals surface area contributed by atoms with Gasteiger partial charge in [0.2, 0.25) is 9.84 Å². The van der Waals surface area contributed by atoms with Crippen molar-refractivity contribution in [2.45, 2.75) is 60.2 Å². The minimum absolute atomic E-state index is 0.0187. The molecule has 0 aromatic heterocycles. The molecule has 0 saturated carbocycles. The van der Waals surface area contributed by atoms with Crippen molar-refractivity contribution in [3.63, 3.8) is 0 Å². The highest BCUT2D eigenvalue weighted by atomic mass is 32.2. The quantitative estimate of drug-likeness (QED) is 0.183. The smallest absolute Gasteiger partial charge is 0.205 e. The van der Waals surface area contributed by atoms with Gasteiger partial charge < -0.3 is 9.47 Å². The zero-order chi connectivity index (χ0) is 24.4. The van der Waals surface area contributed by atoms with E-state index in [-0.39, 0.29) is 22.0 Å². The minimum Gasteiger partial charge on any atom is -0.487 e. The fraction of sp³-hybridized carbons (Fsp3) is 0.385. The summed E-state index contributed by atoms with van der Waals surface area (Å²) < 4.78 is 36.5. The lowest BCUT2D eigenvalue weighted by Crippen LogP contribution is -2.07. The summed E-state index contributed by atoms with van der Waals surface area (Å²) in [6.07, 6.45) is 16.1. The van der Waals surface area contributed by atoms with Gasteiger partial charge in [-0.3, -0.25) is 0 Å². The Labute approximate surface area is 190 Å².